The van der Waals surface area contributed by atoms with Gasteiger partial charge in [-0.25, -0.2) is 0 Å². The van der Waals surface area contributed by atoms with Crippen molar-refractivity contribution in [1.82, 2.24) is 10.8 Å². The summed E-state index contributed by atoms with van der Waals surface area (Å²) in [6.45, 7) is 0. The Hall–Kier alpha value is -0.940. The zero-order valence-corrected chi connectivity index (χ0v) is 3.33. The number of hydrogen-bond donors (Lipinski definition) is 3. The second-order valence-electron chi connectivity index (χ2n) is 1.01. The number of nitrogens with one attached hydrogen (secondary N) is 1. The number of nitrogens with zero attached hydrogens (tertiary/aromatic N) is 1. The summed E-state index contributed by atoms with van der Waals surface area (Å²) in [5, 5.41) is 17.0. The van der Waals surface area contributed by atoms with Crippen LogP contribution in [0.15, 0.2) is 12.1 Å². The van der Waals surface area contributed by atoms with E-state index >= 15 is 0 Å². The van der Waals surface area contributed by atoms with E-state index in [4.69, 9.17) is 10.3 Å². The van der Waals surface area contributed by atoms with Crippen LogP contribution >= 0.6 is 0 Å². The SMILES string of the molecule is OC1=CN(O)NO1. The standard InChI is InChI=1S/C2H4N2O3/c5-2-1-4(6)3-7-2/h1,3,5-6H. The number of hydrogen-bond acceptors (Lipinski definition) is 5. The molecule has 3 N–H and O–H groups in total. The van der Waals surface area contributed by atoms with Gasteiger partial charge in [0.25, 0.3) is 0 Å². The molecule has 0 saturated carbocycles. The van der Waals surface area contributed by atoms with E-state index in [1.54, 1.807) is 0 Å². The molecule has 7 heavy (non-hydrogen) atoms. The van der Waals surface area contributed by atoms with Gasteiger partial charge in [0.05, 0.1) is 0 Å². The van der Waals surface area contributed by atoms with Gasteiger partial charge in [0, 0.05) is 0 Å². The van der Waals surface area contributed by atoms with Crippen molar-refractivity contribution < 1.29 is 15.2 Å². The molecule has 0 aromatic rings. The summed E-state index contributed by atoms with van der Waals surface area (Å²) in [6, 6.07) is 0. The van der Waals surface area contributed by atoms with Crippen LogP contribution in [0.5, 0.6) is 0 Å². The third kappa shape index (κ3) is 0.729. The predicted molar refractivity (Wildman–Crippen MR) is 18.6 cm³/mol. The maximum absolute atomic E-state index is 8.27. The molecule has 0 unspecified atom stereocenters. The largest absolute Gasteiger partial charge is 0.479 e. The average Bonchev–Trinajstić information content (AvgIpc) is 1.87. The van der Waals surface area contributed by atoms with Gasteiger partial charge >= 0.3 is 5.95 Å². The van der Waals surface area contributed by atoms with Gasteiger partial charge in [0.2, 0.25) is 0 Å². The summed E-state index contributed by atoms with van der Waals surface area (Å²) < 4.78 is 0. The lowest BCUT2D eigenvalue weighted by atomic mass is 10.9. The molecule has 0 radical (unpaired) electrons. The highest BCUT2D eigenvalue weighted by atomic mass is 16.8. The van der Waals surface area contributed by atoms with Crippen molar-refractivity contribution in [2.24, 2.45) is 0 Å². The van der Waals surface area contributed by atoms with E-state index in [1.165, 1.54) is 0 Å². The Balaban J connectivity index is 2.50. The van der Waals surface area contributed by atoms with Gasteiger partial charge < -0.3 is 9.94 Å². The highest BCUT2D eigenvalue weighted by molar-refractivity contribution is 4.78. The normalized spacial score (nSPS) is 19.0. The van der Waals surface area contributed by atoms with Crippen LogP contribution in [0.3, 0.4) is 0 Å². The minimum Gasteiger partial charge on any atom is -0.479 e. The molecular formula is C2H4N2O3. The molecule has 0 saturated heterocycles. The Morgan fingerprint density at radius 2 is 2.57 bits per heavy atom. The molecule has 0 fully saturated rings. The summed E-state index contributed by atoms with van der Waals surface area (Å²) >= 11 is 0. The van der Waals surface area contributed by atoms with Gasteiger partial charge in [-0.2, -0.15) is 5.17 Å². The van der Waals surface area contributed by atoms with E-state index in [9.17, 15) is 0 Å². The van der Waals surface area contributed by atoms with E-state index in [1.807, 2.05) is 5.59 Å². The predicted octanol–water partition coefficient (Wildman–Crippen LogP) is -0.516. The van der Waals surface area contributed by atoms with Crippen LogP contribution in [-0.4, -0.2) is 15.5 Å². The lowest BCUT2D eigenvalue weighted by Crippen LogP contribution is -2.22. The van der Waals surface area contributed by atoms with Crippen molar-refractivity contribution in [3.05, 3.63) is 12.1 Å². The fourth-order valence-electron chi connectivity index (χ4n) is 0.251. The second-order valence-corrected chi connectivity index (χ2v) is 1.01. The Bertz CT molecular complexity index is 101. The molecule has 40 valence electrons. The topological polar surface area (TPSA) is 65.0 Å². The van der Waals surface area contributed by atoms with Crippen molar-refractivity contribution in [2.45, 2.75) is 0 Å². The molecule has 5 heteroatoms. The number of hydroxylamine groups is 1. The van der Waals surface area contributed by atoms with Gasteiger partial charge in [-0.3, -0.25) is 5.21 Å². The molecule has 1 aliphatic rings. The van der Waals surface area contributed by atoms with Crippen molar-refractivity contribution in [3.63, 3.8) is 0 Å². The fourth-order valence-corrected chi connectivity index (χ4v) is 0.251. The van der Waals surface area contributed by atoms with Crippen molar-refractivity contribution in [3.8, 4) is 0 Å². The summed E-state index contributed by atoms with van der Waals surface area (Å²) in [7, 11) is 0. The summed E-state index contributed by atoms with van der Waals surface area (Å²) in [4.78, 5) is 4.11. The molecule has 1 heterocycles. The summed E-state index contributed by atoms with van der Waals surface area (Å²) in [6.07, 6.45) is 0.972. The number of hydrazine groups is 1. The quantitative estimate of drug-likeness (QED) is 0.386. The fraction of sp³-hybridized carbons (Fsp3) is 0. The first-order chi connectivity index (χ1) is 3.29. The number of aliphatic hydroxyl groups excluding tert-OH is 1. The van der Waals surface area contributed by atoms with Crippen LogP contribution < -0.4 is 5.59 Å². The molecular weight excluding hydrogens is 100 g/mol. The molecule has 0 bridgehead atoms. The smallest absolute Gasteiger partial charge is 0.320 e. The van der Waals surface area contributed by atoms with E-state index in [0.29, 0.717) is 5.17 Å². The van der Waals surface area contributed by atoms with Gasteiger partial charge in [0.1, 0.15) is 6.20 Å². The van der Waals surface area contributed by atoms with E-state index in [-0.39, 0.29) is 5.95 Å². The highest BCUT2D eigenvalue weighted by Crippen LogP contribution is 1.96. The molecule has 0 spiro atoms. The molecule has 0 aromatic carbocycles. The lowest BCUT2D eigenvalue weighted by Gasteiger charge is -1.98. The van der Waals surface area contributed by atoms with Crippen LogP contribution in [0, 0.1) is 0 Å². The number of rotatable bonds is 0. The van der Waals surface area contributed by atoms with Crippen molar-refractivity contribution >= 4 is 0 Å². The van der Waals surface area contributed by atoms with Crippen LogP contribution in [0.25, 0.3) is 0 Å². The zero-order chi connectivity index (χ0) is 5.28. The first-order valence-corrected chi connectivity index (χ1v) is 1.60. The van der Waals surface area contributed by atoms with Crippen molar-refractivity contribution in [2.75, 3.05) is 0 Å². The minimum absolute atomic E-state index is 0.359. The Morgan fingerprint density at radius 3 is 2.71 bits per heavy atom. The third-order valence-electron chi connectivity index (χ3n) is 0.476. The second kappa shape index (κ2) is 1.28. The van der Waals surface area contributed by atoms with E-state index in [0.717, 1.165) is 6.20 Å². The van der Waals surface area contributed by atoms with Crippen molar-refractivity contribution in [1.29, 1.82) is 0 Å². The maximum atomic E-state index is 8.27. The molecule has 0 atom stereocenters. The number of aliphatic hydroxyl groups is 1. The van der Waals surface area contributed by atoms with Gasteiger partial charge in [0.15, 0.2) is 0 Å². The first-order valence-electron chi connectivity index (χ1n) is 1.60. The third-order valence-corrected chi connectivity index (χ3v) is 0.476. The van der Waals surface area contributed by atoms with Gasteiger partial charge in [-0.05, 0) is 5.59 Å². The van der Waals surface area contributed by atoms with Crippen LogP contribution in [0.2, 0.25) is 0 Å². The zero-order valence-electron chi connectivity index (χ0n) is 3.33. The Kier molecular flexibility index (Phi) is 0.775. The van der Waals surface area contributed by atoms with Gasteiger partial charge in [-0.15, -0.1) is 0 Å². The maximum Gasteiger partial charge on any atom is 0.320 e. The Morgan fingerprint density at radius 1 is 1.86 bits per heavy atom. The van der Waals surface area contributed by atoms with Gasteiger partial charge in [-0.1, -0.05) is 0 Å². The molecule has 5 nitrogen and oxygen atoms in total. The molecule has 1 rings (SSSR count). The highest BCUT2D eigenvalue weighted by Gasteiger charge is 2.06. The molecule has 0 amide bonds. The Labute approximate surface area is 39.3 Å². The minimum atomic E-state index is -0.359. The van der Waals surface area contributed by atoms with E-state index in [2.05, 4.69) is 4.84 Å². The molecule has 0 aliphatic carbocycles. The van der Waals surface area contributed by atoms with Crippen LogP contribution in [0.4, 0.5) is 0 Å². The average molecular weight is 104 g/mol. The monoisotopic (exact) mass is 104 g/mol. The van der Waals surface area contributed by atoms with E-state index < -0.39 is 0 Å². The summed E-state index contributed by atoms with van der Waals surface area (Å²) in [5.74, 6) is -0.359. The summed E-state index contributed by atoms with van der Waals surface area (Å²) in [5.41, 5.74) is 1.92. The first kappa shape index (κ1) is 4.23. The molecule has 1 aliphatic heterocycles. The van der Waals surface area contributed by atoms with Crippen LogP contribution in [-0.2, 0) is 4.84 Å². The molecule has 0 aromatic heterocycles. The van der Waals surface area contributed by atoms with Crippen LogP contribution in [0.1, 0.15) is 0 Å². The lowest BCUT2D eigenvalue weighted by molar-refractivity contribution is -0.168.